The van der Waals surface area contributed by atoms with Gasteiger partial charge >= 0.3 is 5.97 Å². The number of nitriles is 1. The van der Waals surface area contributed by atoms with Crippen LogP contribution >= 0.6 is 45.2 Å². The van der Waals surface area contributed by atoms with Gasteiger partial charge in [-0.25, -0.2) is 0 Å². The Bertz CT molecular complexity index is 164. The first-order chi connectivity index (χ1) is 4.57. The number of rotatable bonds is 2. The van der Waals surface area contributed by atoms with Crippen LogP contribution in [0.15, 0.2) is 0 Å². The van der Waals surface area contributed by atoms with Crippen molar-refractivity contribution in [1.29, 1.82) is 5.26 Å². The minimum Gasteiger partial charge on any atom is -0.436 e. The Kier molecular flexibility index (Phi) is 5.34. The Labute approximate surface area is 86.4 Å². The third kappa shape index (κ3) is 4.27. The summed E-state index contributed by atoms with van der Waals surface area (Å²) in [6, 6.07) is 1.79. The number of nitrogens with zero attached hydrogens (tertiary/aromatic N) is 1. The standard InChI is InChI=1S/C5H5I2NO2/c1-3(6)5(9)10-4(7)2-8/h3-4H,1H3. The smallest absolute Gasteiger partial charge is 0.320 e. The highest BCUT2D eigenvalue weighted by Crippen LogP contribution is 2.07. The zero-order valence-corrected chi connectivity index (χ0v) is 9.49. The lowest BCUT2D eigenvalue weighted by Crippen LogP contribution is -2.17. The molecule has 0 aliphatic rings. The third-order valence-electron chi connectivity index (χ3n) is 0.646. The van der Waals surface area contributed by atoms with Crippen molar-refractivity contribution in [1.82, 2.24) is 0 Å². The molecular weight excluding hydrogens is 360 g/mol. The second-order valence-electron chi connectivity index (χ2n) is 1.50. The second kappa shape index (κ2) is 5.12. The summed E-state index contributed by atoms with van der Waals surface area (Å²) in [6.45, 7) is 1.71. The van der Waals surface area contributed by atoms with Gasteiger partial charge < -0.3 is 4.74 Å². The molecule has 10 heavy (non-hydrogen) atoms. The quantitative estimate of drug-likeness (QED) is 0.425. The molecule has 0 saturated heterocycles. The highest BCUT2D eigenvalue weighted by Gasteiger charge is 2.13. The molecule has 56 valence electrons. The Hall–Kier alpha value is 0.420. The van der Waals surface area contributed by atoms with E-state index < -0.39 is 4.11 Å². The molecule has 5 heteroatoms. The maximum atomic E-state index is 10.7. The lowest BCUT2D eigenvalue weighted by Gasteiger charge is -2.04. The minimum atomic E-state index is -0.665. The summed E-state index contributed by atoms with van der Waals surface area (Å²) in [5, 5.41) is 8.23. The van der Waals surface area contributed by atoms with E-state index in [1.54, 1.807) is 35.6 Å². The maximum absolute atomic E-state index is 10.7. The van der Waals surface area contributed by atoms with Gasteiger partial charge in [0.15, 0.2) is 0 Å². The van der Waals surface area contributed by atoms with Crippen LogP contribution in [0.2, 0.25) is 0 Å². The molecule has 0 radical (unpaired) electrons. The van der Waals surface area contributed by atoms with Gasteiger partial charge in [0.05, 0.1) is 0 Å². The van der Waals surface area contributed by atoms with Crippen molar-refractivity contribution in [3.63, 3.8) is 0 Å². The lowest BCUT2D eigenvalue weighted by molar-refractivity contribution is -0.141. The summed E-state index contributed by atoms with van der Waals surface area (Å²) in [7, 11) is 0. The van der Waals surface area contributed by atoms with Crippen LogP contribution in [-0.2, 0) is 9.53 Å². The molecule has 0 N–H and O–H groups in total. The molecule has 0 aromatic carbocycles. The van der Waals surface area contributed by atoms with Crippen molar-refractivity contribution in [2.45, 2.75) is 15.0 Å². The van der Waals surface area contributed by atoms with Gasteiger partial charge in [-0.2, -0.15) is 5.26 Å². The van der Waals surface area contributed by atoms with Crippen LogP contribution in [0, 0.1) is 11.3 Å². The first-order valence-electron chi connectivity index (χ1n) is 2.46. The zero-order chi connectivity index (χ0) is 8.15. The van der Waals surface area contributed by atoms with E-state index in [0.29, 0.717) is 0 Å². The van der Waals surface area contributed by atoms with Gasteiger partial charge in [-0.05, 0) is 29.5 Å². The van der Waals surface area contributed by atoms with Crippen molar-refractivity contribution in [2.75, 3.05) is 0 Å². The molecule has 2 unspecified atom stereocenters. The van der Waals surface area contributed by atoms with Crippen molar-refractivity contribution in [3.8, 4) is 6.07 Å². The molecule has 2 atom stereocenters. The van der Waals surface area contributed by atoms with E-state index in [0.717, 1.165) is 0 Å². The fourth-order valence-electron chi connectivity index (χ4n) is 0.222. The van der Waals surface area contributed by atoms with Crippen molar-refractivity contribution in [3.05, 3.63) is 0 Å². The van der Waals surface area contributed by atoms with Crippen molar-refractivity contribution in [2.24, 2.45) is 0 Å². The largest absolute Gasteiger partial charge is 0.436 e. The fourth-order valence-corrected chi connectivity index (χ4v) is 0.619. The van der Waals surface area contributed by atoms with E-state index in [9.17, 15) is 4.79 Å². The van der Waals surface area contributed by atoms with Crippen LogP contribution in [0.1, 0.15) is 6.92 Å². The summed E-state index contributed by atoms with van der Waals surface area (Å²) >= 11 is 3.68. The normalized spacial score (nSPS) is 15.0. The van der Waals surface area contributed by atoms with E-state index in [1.807, 2.05) is 22.6 Å². The molecule has 0 spiro atoms. The lowest BCUT2D eigenvalue weighted by atomic mass is 10.5. The SMILES string of the molecule is CC(I)C(=O)OC(I)C#N. The molecule has 0 saturated carbocycles. The summed E-state index contributed by atoms with van der Waals surface area (Å²) in [5.41, 5.74) is 0. The maximum Gasteiger partial charge on any atom is 0.320 e. The van der Waals surface area contributed by atoms with E-state index in [2.05, 4.69) is 4.74 Å². The molecule has 0 aromatic heterocycles. The summed E-state index contributed by atoms with van der Waals surface area (Å²) in [5.74, 6) is -0.346. The van der Waals surface area contributed by atoms with Crippen molar-refractivity contribution < 1.29 is 9.53 Å². The fraction of sp³-hybridized carbons (Fsp3) is 0.600. The van der Waals surface area contributed by atoms with Gasteiger partial charge in [0, 0.05) is 0 Å². The van der Waals surface area contributed by atoms with Crippen LogP contribution in [0.4, 0.5) is 0 Å². The number of hydrogen-bond donors (Lipinski definition) is 0. The average molecular weight is 365 g/mol. The Morgan fingerprint density at radius 3 is 2.50 bits per heavy atom. The molecule has 0 bridgehead atoms. The van der Waals surface area contributed by atoms with Gasteiger partial charge in [-0.1, -0.05) is 22.6 Å². The zero-order valence-electron chi connectivity index (χ0n) is 5.17. The summed E-state index contributed by atoms with van der Waals surface area (Å²) in [6.07, 6.45) is 0. The van der Waals surface area contributed by atoms with Crippen LogP contribution in [0.3, 0.4) is 0 Å². The van der Waals surface area contributed by atoms with E-state index in [1.165, 1.54) is 0 Å². The van der Waals surface area contributed by atoms with Crippen LogP contribution in [-0.4, -0.2) is 14.0 Å². The van der Waals surface area contributed by atoms with E-state index in [4.69, 9.17) is 5.26 Å². The number of hydrogen-bond acceptors (Lipinski definition) is 3. The highest BCUT2D eigenvalue weighted by atomic mass is 127. The Morgan fingerprint density at radius 1 is 1.70 bits per heavy atom. The summed E-state index contributed by atoms with van der Waals surface area (Å²) < 4.78 is 3.78. The monoisotopic (exact) mass is 365 g/mol. The predicted octanol–water partition coefficient (Wildman–Crippen LogP) is 1.64. The van der Waals surface area contributed by atoms with Gasteiger partial charge in [0.2, 0.25) is 4.11 Å². The third-order valence-corrected chi connectivity index (χ3v) is 1.69. The topological polar surface area (TPSA) is 50.1 Å². The van der Waals surface area contributed by atoms with Gasteiger partial charge in [-0.15, -0.1) is 0 Å². The van der Waals surface area contributed by atoms with Gasteiger partial charge in [0.25, 0.3) is 0 Å². The molecule has 3 nitrogen and oxygen atoms in total. The molecule has 0 amide bonds. The van der Waals surface area contributed by atoms with Crippen LogP contribution in [0.25, 0.3) is 0 Å². The molecular formula is C5H5I2NO2. The number of carbonyl (C=O) groups excluding carboxylic acids is 1. The first kappa shape index (κ1) is 10.4. The number of esters is 1. The number of ether oxygens (including phenoxy) is 1. The van der Waals surface area contributed by atoms with Gasteiger partial charge in [0.1, 0.15) is 9.99 Å². The molecule has 0 rings (SSSR count). The predicted molar refractivity (Wildman–Crippen MR) is 53.0 cm³/mol. The summed E-state index contributed by atoms with van der Waals surface area (Å²) in [4.78, 5) is 10.7. The van der Waals surface area contributed by atoms with Gasteiger partial charge in [-0.3, -0.25) is 4.79 Å². The Morgan fingerprint density at radius 2 is 2.20 bits per heavy atom. The first-order valence-corrected chi connectivity index (χ1v) is 4.95. The molecule has 0 aliphatic heterocycles. The highest BCUT2D eigenvalue weighted by molar-refractivity contribution is 14.1. The molecule has 0 aliphatic carbocycles. The van der Waals surface area contributed by atoms with E-state index >= 15 is 0 Å². The molecule has 0 aromatic rings. The van der Waals surface area contributed by atoms with E-state index in [-0.39, 0.29) is 9.89 Å². The molecule has 0 heterocycles. The van der Waals surface area contributed by atoms with Crippen molar-refractivity contribution >= 4 is 51.2 Å². The number of carbonyl (C=O) groups is 1. The molecule has 0 fully saturated rings. The van der Waals surface area contributed by atoms with Crippen LogP contribution in [0.5, 0.6) is 0 Å². The minimum absolute atomic E-state index is 0.191. The number of halogens is 2. The second-order valence-corrected chi connectivity index (χ2v) is 4.50. The Balaban J connectivity index is 3.71. The number of alkyl halides is 2. The van der Waals surface area contributed by atoms with Crippen LogP contribution < -0.4 is 0 Å². The average Bonchev–Trinajstić information content (AvgIpc) is 1.87.